The van der Waals surface area contributed by atoms with Crippen LogP contribution < -0.4 is 0 Å². The van der Waals surface area contributed by atoms with Crippen molar-refractivity contribution in [3.63, 3.8) is 0 Å². The van der Waals surface area contributed by atoms with Crippen LogP contribution in [0.15, 0.2) is 0 Å². The number of rotatable bonds is 2. The highest BCUT2D eigenvalue weighted by Crippen LogP contribution is 2.49. The highest BCUT2D eigenvalue weighted by Gasteiger charge is 2.58. The van der Waals surface area contributed by atoms with Crippen molar-refractivity contribution in [3.8, 4) is 0 Å². The van der Waals surface area contributed by atoms with Crippen LogP contribution in [-0.4, -0.2) is 41.1 Å². The maximum atomic E-state index is 6.76. The van der Waals surface area contributed by atoms with Crippen LogP contribution >= 0.6 is 0 Å². The van der Waals surface area contributed by atoms with Gasteiger partial charge in [-0.25, -0.2) is 0 Å². The third-order valence-electron chi connectivity index (χ3n) is 6.33. The molecule has 2 aliphatic heterocycles. The van der Waals surface area contributed by atoms with Gasteiger partial charge in [-0.3, -0.25) is 0 Å². The van der Waals surface area contributed by atoms with Crippen LogP contribution in [0.3, 0.4) is 0 Å². The second-order valence-corrected chi connectivity index (χ2v) is 33.8. The molecule has 3 rings (SSSR count). The quantitative estimate of drug-likeness (QED) is 0.558. The third-order valence-corrected chi connectivity index (χ3v) is 40.9. The summed E-state index contributed by atoms with van der Waals surface area (Å²) in [5.41, 5.74) is 1.11. The summed E-state index contributed by atoms with van der Waals surface area (Å²) in [5.74, 6) is 0.939. The summed E-state index contributed by atoms with van der Waals surface area (Å²) in [5, 5.41) is 0. The van der Waals surface area contributed by atoms with Crippen LogP contribution in [0.4, 0.5) is 0 Å². The Labute approximate surface area is 134 Å². The van der Waals surface area contributed by atoms with Crippen LogP contribution in [0.5, 0.6) is 0 Å². The van der Waals surface area contributed by atoms with Gasteiger partial charge in [0.25, 0.3) is 0 Å². The molecule has 2 saturated heterocycles. The zero-order valence-electron chi connectivity index (χ0n) is 15.0. The first-order valence-corrected chi connectivity index (χ1v) is 19.3. The number of ether oxygens (including phenoxy) is 1. The van der Waals surface area contributed by atoms with E-state index in [-0.39, 0.29) is 5.60 Å². The molecule has 0 spiro atoms. The van der Waals surface area contributed by atoms with Crippen molar-refractivity contribution in [1.29, 1.82) is 0 Å². The Morgan fingerprint density at radius 3 is 2.33 bits per heavy atom. The van der Waals surface area contributed by atoms with Gasteiger partial charge >= 0.3 is 0 Å². The lowest BCUT2D eigenvalue weighted by Gasteiger charge is -2.56. The molecule has 0 aromatic heterocycles. The molecule has 2 nitrogen and oxygen atoms in total. The summed E-state index contributed by atoms with van der Waals surface area (Å²) < 4.78 is 12.6. The first-order chi connectivity index (χ1) is 9.52. The van der Waals surface area contributed by atoms with Crippen molar-refractivity contribution in [1.82, 2.24) is 0 Å². The highest BCUT2D eigenvalue weighted by molar-refractivity contribution is 7.60. The van der Waals surface area contributed by atoms with Gasteiger partial charge < -0.3 is 9.16 Å². The van der Waals surface area contributed by atoms with E-state index in [9.17, 15) is 0 Å². The summed E-state index contributed by atoms with van der Waals surface area (Å²) in [7, 11) is -3.40. The van der Waals surface area contributed by atoms with Gasteiger partial charge in [0.1, 0.15) is 0 Å². The summed E-state index contributed by atoms with van der Waals surface area (Å²) >= 11 is 0. The molecule has 0 bridgehead atoms. The minimum Gasteiger partial charge on any atom is -0.416 e. The molecule has 5 atom stereocenters. The minimum atomic E-state index is -1.49. The molecule has 5 heteroatoms. The van der Waals surface area contributed by atoms with E-state index in [1.807, 2.05) is 0 Å². The van der Waals surface area contributed by atoms with Crippen molar-refractivity contribution >= 4 is 23.3 Å². The van der Waals surface area contributed by atoms with Gasteiger partial charge in [-0.2, -0.15) is 0 Å². The van der Waals surface area contributed by atoms with Gasteiger partial charge in [0, 0.05) is 13.2 Å². The summed E-state index contributed by atoms with van der Waals surface area (Å²) in [6.45, 7) is 17.8. The molecular formula is C16H34O2Si3. The molecule has 0 aromatic rings. The predicted molar refractivity (Wildman–Crippen MR) is 97.5 cm³/mol. The van der Waals surface area contributed by atoms with E-state index in [0.29, 0.717) is 12.2 Å². The van der Waals surface area contributed by atoms with Crippen LogP contribution in [0.25, 0.3) is 0 Å². The maximum Gasteiger partial charge on any atom is 0.169 e. The van der Waals surface area contributed by atoms with Crippen molar-refractivity contribution in [3.05, 3.63) is 0 Å². The van der Waals surface area contributed by atoms with Crippen molar-refractivity contribution in [2.24, 2.45) is 5.92 Å². The number of epoxide rings is 1. The predicted octanol–water partition coefficient (Wildman–Crippen LogP) is 4.05. The van der Waals surface area contributed by atoms with Crippen LogP contribution in [0.2, 0.25) is 37.8 Å². The molecule has 3 aliphatic rings. The summed E-state index contributed by atoms with van der Waals surface area (Å²) in [4.78, 5) is 0. The second-order valence-electron chi connectivity index (χ2n) is 9.75. The summed E-state index contributed by atoms with van der Waals surface area (Å²) in [6.07, 6.45) is 5.39. The first kappa shape index (κ1) is 16.4. The van der Waals surface area contributed by atoms with Gasteiger partial charge in [-0.05, 0) is 63.7 Å². The molecule has 5 unspecified atom stereocenters. The fraction of sp³-hybridized carbons (Fsp3) is 1.00. The van der Waals surface area contributed by atoms with E-state index >= 15 is 0 Å². The molecule has 0 radical (unpaired) electrons. The molecule has 1 aliphatic carbocycles. The first-order valence-electron chi connectivity index (χ1n) is 8.87. The SMILES string of the molecule is CC(C1CCC2OC2C1)[SiH]1[Si](C)(C)CC(C)(C)O[Si]1(C)C. The average molecular weight is 343 g/mol. The average Bonchev–Trinajstić information content (AvgIpc) is 3.00. The zero-order chi connectivity index (χ0) is 15.6. The van der Waals surface area contributed by atoms with Gasteiger partial charge in [0.15, 0.2) is 7.83 Å². The maximum absolute atomic E-state index is 6.76. The van der Waals surface area contributed by atoms with E-state index in [0.717, 1.165) is 11.5 Å². The number of hydrogen-bond acceptors (Lipinski definition) is 2. The topological polar surface area (TPSA) is 21.8 Å². The normalized spacial score (nSPS) is 44.7. The summed E-state index contributed by atoms with van der Waals surface area (Å²) in [6, 6.07) is 1.38. The fourth-order valence-electron chi connectivity index (χ4n) is 6.49. The van der Waals surface area contributed by atoms with Crippen LogP contribution in [0, 0.1) is 5.92 Å². The van der Waals surface area contributed by atoms with E-state index in [4.69, 9.17) is 9.16 Å². The number of hydrogen-bond donors (Lipinski definition) is 0. The molecule has 0 N–H and O–H groups in total. The molecule has 21 heavy (non-hydrogen) atoms. The Hall–Kier alpha value is 0.571. The standard InChI is InChI=1S/C16H34O2Si3/c1-12(13-8-9-14-15(10-13)17-14)19-20(4,5)11-16(2,3)18-21(19,6)7/h12-15,19H,8-11H2,1-7H3. The minimum absolute atomic E-state index is 0.145. The zero-order valence-corrected chi connectivity index (χ0v) is 18.2. The van der Waals surface area contributed by atoms with E-state index in [1.54, 1.807) is 0 Å². The molecule has 3 fully saturated rings. The number of fused-ring (bicyclic) bond motifs is 1. The smallest absolute Gasteiger partial charge is 0.169 e. The lowest BCUT2D eigenvalue weighted by Crippen LogP contribution is -2.72. The molecule has 1 saturated carbocycles. The monoisotopic (exact) mass is 342 g/mol. The van der Waals surface area contributed by atoms with Crippen molar-refractivity contribution in [2.75, 3.05) is 0 Å². The fourth-order valence-corrected chi connectivity index (χ4v) is 53.4. The molecule has 0 amide bonds. The van der Waals surface area contributed by atoms with E-state index in [1.165, 1.54) is 25.3 Å². The Morgan fingerprint density at radius 1 is 1.10 bits per heavy atom. The largest absolute Gasteiger partial charge is 0.416 e. The van der Waals surface area contributed by atoms with Gasteiger partial charge in [0.2, 0.25) is 0 Å². The second kappa shape index (κ2) is 5.03. The Balaban J connectivity index is 1.81. The Morgan fingerprint density at radius 2 is 1.76 bits per heavy atom. The van der Waals surface area contributed by atoms with Gasteiger partial charge in [-0.1, -0.05) is 20.0 Å². The molecule has 122 valence electrons. The highest BCUT2D eigenvalue weighted by atomic mass is 29.6. The molecule has 0 aromatic carbocycles. The van der Waals surface area contributed by atoms with Crippen LogP contribution in [-0.2, 0) is 9.16 Å². The lowest BCUT2D eigenvalue weighted by atomic mass is 9.87. The van der Waals surface area contributed by atoms with E-state index in [2.05, 4.69) is 47.0 Å². The van der Waals surface area contributed by atoms with Gasteiger partial charge in [-0.15, -0.1) is 0 Å². The van der Waals surface area contributed by atoms with Crippen molar-refractivity contribution < 1.29 is 9.16 Å². The van der Waals surface area contributed by atoms with Crippen molar-refractivity contribution in [2.45, 2.75) is 95.6 Å². The molecule has 2 heterocycles. The lowest BCUT2D eigenvalue weighted by molar-refractivity contribution is 0.122. The van der Waals surface area contributed by atoms with Crippen LogP contribution in [0.1, 0.15) is 40.0 Å². The van der Waals surface area contributed by atoms with E-state index < -0.39 is 23.3 Å². The molecular weight excluding hydrogens is 308 g/mol. The Kier molecular flexibility index (Phi) is 3.94. The third kappa shape index (κ3) is 3.13. The van der Waals surface area contributed by atoms with Gasteiger partial charge in [0.05, 0.1) is 20.0 Å². The Bertz CT molecular complexity index is 402.